The summed E-state index contributed by atoms with van der Waals surface area (Å²) >= 11 is 0. The maximum atomic E-state index is 11.9. The molecule has 8 atom stereocenters. The van der Waals surface area contributed by atoms with Gasteiger partial charge >= 0.3 is 17.9 Å². The number of benzene rings is 7. The van der Waals surface area contributed by atoms with E-state index >= 15 is 0 Å². The number of ether oxygens (including phenoxy) is 5. The molecule has 0 aliphatic carbocycles. The Bertz CT molecular complexity index is 3850. The molecule has 0 aliphatic rings. The zero-order chi connectivity index (χ0) is 96.1. The minimum absolute atomic E-state index is 0. The number of phenols is 3. The first-order chi connectivity index (χ1) is 57.6. The highest BCUT2D eigenvalue weighted by Gasteiger charge is 2.32. The van der Waals surface area contributed by atoms with E-state index in [9.17, 15) is 24.0 Å². The molecule has 5 N–H and O–H groups in total. The zero-order valence-electron chi connectivity index (χ0n) is 83.5. The van der Waals surface area contributed by atoms with E-state index in [4.69, 9.17) is 50.0 Å². The quantitative estimate of drug-likeness (QED) is 0.0194. The Balaban J connectivity index is -0.0000000535. The maximum absolute atomic E-state index is 11.9. The maximum Gasteiger partial charge on any atom is 0.312 e. The summed E-state index contributed by atoms with van der Waals surface area (Å²) in [6, 6.07) is 58.7. The van der Waals surface area contributed by atoms with Crippen LogP contribution in [0.5, 0.6) is 23.0 Å². The Kier molecular flexibility index (Phi) is 133. The largest absolute Gasteiger partial charge is 0.508 e. The van der Waals surface area contributed by atoms with Crippen molar-refractivity contribution in [2.75, 3.05) is 20.7 Å². The van der Waals surface area contributed by atoms with E-state index < -0.39 is 16.2 Å². The number of phenolic OH excluding ortho intramolecular Hbond substituents is 3. The molecule has 0 saturated carbocycles. The van der Waals surface area contributed by atoms with Crippen molar-refractivity contribution in [3.8, 4) is 29.1 Å². The van der Waals surface area contributed by atoms with Gasteiger partial charge in [0.25, 0.3) is 0 Å². The monoisotopic (exact) mass is 2040 g/mol. The van der Waals surface area contributed by atoms with Crippen molar-refractivity contribution in [1.82, 2.24) is 4.90 Å². The van der Waals surface area contributed by atoms with E-state index in [1.807, 2.05) is 300 Å². The van der Waals surface area contributed by atoms with E-state index in [0.29, 0.717) is 47.5 Å². The lowest BCUT2D eigenvalue weighted by Crippen LogP contribution is -2.35. The number of carbonyl (C=O) groups is 5. The predicted molar refractivity (Wildman–Crippen MR) is 652 cm³/mol. The fourth-order valence-electron chi connectivity index (χ4n) is 9.69. The van der Waals surface area contributed by atoms with Gasteiger partial charge in [-0.15, -0.1) is 0 Å². The lowest BCUT2D eigenvalue weighted by Gasteiger charge is -2.25. The van der Waals surface area contributed by atoms with Crippen LogP contribution in [0.15, 0.2) is 176 Å². The second-order valence-electron chi connectivity index (χ2n) is 36.2. The highest BCUT2D eigenvalue weighted by molar-refractivity contribution is 5.81. The highest BCUT2D eigenvalue weighted by Crippen LogP contribution is 2.32. The molecule has 0 fully saturated rings. The molecule has 0 aliphatic heterocycles. The molecular weight excluding hydrogens is 1790 g/mol. The average molecular weight is 2040 g/mol. The number of amides is 2. The van der Waals surface area contributed by atoms with Crippen LogP contribution in [0, 0.1) is 57.7 Å². The van der Waals surface area contributed by atoms with E-state index in [-0.39, 0.29) is 219 Å². The van der Waals surface area contributed by atoms with E-state index in [2.05, 4.69) is 73.6 Å². The molecule has 144 heavy (non-hydrogen) atoms. The molecule has 0 saturated heterocycles. The summed E-state index contributed by atoms with van der Waals surface area (Å²) in [5, 5.41) is 35.4. The van der Waals surface area contributed by atoms with Crippen LogP contribution in [0.1, 0.15) is 519 Å². The first kappa shape index (κ1) is 193. The molecule has 16 nitrogen and oxygen atoms in total. The first-order valence-corrected chi connectivity index (χ1v) is 45.1. The number of carbonyl (C=O) groups excluding carboxylic acids is 5. The van der Waals surface area contributed by atoms with Gasteiger partial charge in [0, 0.05) is 31.5 Å². The number of esters is 3. The molecule has 16 heteroatoms. The van der Waals surface area contributed by atoms with Crippen LogP contribution in [0.25, 0.3) is 0 Å². The number of aromatic hydroxyl groups is 3. The number of nitrogens with zero attached hydrogens (tertiary/aromatic N) is 2. The van der Waals surface area contributed by atoms with Gasteiger partial charge in [-0.25, -0.2) is 0 Å². The van der Waals surface area contributed by atoms with Crippen molar-refractivity contribution in [3.63, 3.8) is 0 Å². The molecule has 0 spiro atoms. The van der Waals surface area contributed by atoms with Crippen LogP contribution < -0.4 is 10.5 Å². The summed E-state index contributed by atoms with van der Waals surface area (Å²) in [5.41, 5.74) is 14.0. The summed E-state index contributed by atoms with van der Waals surface area (Å²) in [6.45, 7) is 66.8. The van der Waals surface area contributed by atoms with Crippen LogP contribution in [0.2, 0.25) is 0 Å². The lowest BCUT2D eigenvalue weighted by molar-refractivity contribution is -0.160. The molecular formula is C128H249N3O13. The fraction of sp³-hybridized carbons (Fsp3) is 0.625. The summed E-state index contributed by atoms with van der Waals surface area (Å²) in [6.07, 6.45) is 8.85. The highest BCUT2D eigenvalue weighted by atomic mass is 16.7. The third-order valence-electron chi connectivity index (χ3n) is 23.1. The fourth-order valence-corrected chi connectivity index (χ4v) is 9.69. The van der Waals surface area contributed by atoms with E-state index in [1.54, 1.807) is 55.4 Å². The minimum atomic E-state index is -0.404. The number of primary amides is 1. The Morgan fingerprint density at radius 2 is 0.535 bits per heavy atom. The molecule has 0 aromatic heterocycles. The van der Waals surface area contributed by atoms with Crippen molar-refractivity contribution in [2.45, 2.75) is 489 Å². The zero-order valence-corrected chi connectivity index (χ0v) is 83.5. The van der Waals surface area contributed by atoms with Crippen LogP contribution >= 0.6 is 0 Å². The van der Waals surface area contributed by atoms with Gasteiger partial charge in [-0.1, -0.05) is 412 Å². The molecule has 2 amide bonds. The normalized spacial score (nSPS) is 11.1. The van der Waals surface area contributed by atoms with Crippen molar-refractivity contribution in [1.29, 1.82) is 5.26 Å². The average Bonchev–Trinajstić information content (AvgIpc) is 0.859. The Labute approximate surface area is 901 Å². The smallest absolute Gasteiger partial charge is 0.312 e. The Morgan fingerprint density at radius 1 is 0.319 bits per heavy atom. The van der Waals surface area contributed by atoms with Gasteiger partial charge < -0.3 is 49.6 Å². The van der Waals surface area contributed by atoms with Crippen LogP contribution in [-0.2, 0) is 42.9 Å². The van der Waals surface area contributed by atoms with E-state index in [1.165, 1.54) is 33.4 Å². The Hall–Kier alpha value is -9.46. The van der Waals surface area contributed by atoms with Gasteiger partial charge in [0.05, 0.1) is 27.7 Å². The SMILES string of the molecule is C.C.C.C.C.C.C.C.C.C.C.C.C.C.C.C.C.C.C.C.CCC(C)(C)C#N.CCC(C)(C)C(=O)N(C)C.CCC(C)(C)C(=O)OC(C)c1ccc(C)cc1.CCC(C)(C)C(=O)OC(C)c1ccc(C)cc1.CCC(C)(C)C(=O)OC(C)c1ccccc1.CCC(C)(C)C(N)=O.CCC(C)c1ccc(O)cc1.CCC(C)c1ccc(O)cc1.CCC(C)c1ccc(O)cc1.CCOC(C)Oc1ccc(C(C)CC)cc1. The summed E-state index contributed by atoms with van der Waals surface area (Å²) in [4.78, 5) is 59.1. The second-order valence-corrected chi connectivity index (χ2v) is 36.2. The molecule has 0 radical (unpaired) electrons. The second kappa shape index (κ2) is 99.5. The third kappa shape index (κ3) is 80.7. The first-order valence-electron chi connectivity index (χ1n) is 45.1. The van der Waals surface area contributed by atoms with Crippen molar-refractivity contribution in [2.24, 2.45) is 38.2 Å². The molecule has 7 rings (SSSR count). The number of nitrogens with two attached hydrogens (primary N) is 1. The van der Waals surface area contributed by atoms with Crippen molar-refractivity contribution < 1.29 is 63.0 Å². The number of aryl methyl sites for hydroxylation is 2. The molecule has 7 aromatic carbocycles. The molecule has 0 heterocycles. The van der Waals surface area contributed by atoms with Gasteiger partial charge in [0.1, 0.15) is 41.3 Å². The summed E-state index contributed by atoms with van der Waals surface area (Å²) < 4.78 is 27.4. The van der Waals surface area contributed by atoms with Gasteiger partial charge in [0.15, 0.2) is 6.29 Å². The number of hydrogen-bond acceptors (Lipinski definition) is 14. The van der Waals surface area contributed by atoms with Crippen molar-refractivity contribution in [3.05, 3.63) is 226 Å². The van der Waals surface area contributed by atoms with E-state index in [0.717, 1.165) is 86.6 Å². The topological polar surface area (TPSA) is 245 Å². The predicted octanol–water partition coefficient (Wildman–Crippen LogP) is 41.6. The standard InChI is InChI=1S/2C15H22O2.C14H20O2.C14H22O2.3C10H14O.C8H17NO.C6H13NO.C6H11N.20CH4/c2*1-6-15(4,5)14(16)17-12(3)13-9-7-11(2)8-10-13;1-5-14(3,4)13(15)16-11(2)12-9-7-6-8-10-12;1-5-11(3)13-7-9-14(10-8-13)16-12(4)15-6-2;3*1-3-8(2)9-4-6-10(11)7-5-9;1-6-8(2,3)7(10)9(4)5;1-4-6(2,3)5(7)8;1-4-6(2,3)5-7;;;;;;;;;;;;;;;;;;;;/h2*7-10,12H,6H2,1-5H3;6-11H,5H2,1-4H3;7-12H,5-6H2,1-4H3;3*4-8,11H,3H2,1-2H3;6H2,1-5H3;4H2,1-3H3,(H2,7,8);4H2,1-3H3;20*1H4. The summed E-state index contributed by atoms with van der Waals surface area (Å²) in [7, 11) is 3.58. The number of hydrogen-bond donors (Lipinski definition) is 4. The molecule has 7 aromatic rings. The lowest BCUT2D eigenvalue weighted by atomic mass is 9.89. The van der Waals surface area contributed by atoms with Crippen molar-refractivity contribution >= 4 is 29.7 Å². The number of rotatable bonds is 29. The summed E-state index contributed by atoms with van der Waals surface area (Å²) in [5.74, 6) is 3.88. The molecule has 854 valence electrons. The van der Waals surface area contributed by atoms with Crippen LogP contribution in [0.3, 0.4) is 0 Å². The van der Waals surface area contributed by atoms with Crippen LogP contribution in [-0.4, -0.2) is 76.9 Å². The van der Waals surface area contributed by atoms with Gasteiger partial charge in [-0.3, -0.25) is 24.0 Å². The number of nitriles is 1. The molecule has 8 unspecified atom stereocenters. The molecule has 0 bridgehead atoms. The minimum Gasteiger partial charge on any atom is -0.508 e. The van der Waals surface area contributed by atoms with Crippen LogP contribution in [0.4, 0.5) is 0 Å². The third-order valence-corrected chi connectivity index (χ3v) is 23.1. The van der Waals surface area contributed by atoms with Gasteiger partial charge in [0.2, 0.25) is 11.8 Å². The van der Waals surface area contributed by atoms with Gasteiger partial charge in [-0.2, -0.15) is 5.26 Å². The Morgan fingerprint density at radius 3 is 0.701 bits per heavy atom. The van der Waals surface area contributed by atoms with Gasteiger partial charge in [-0.05, 0) is 279 Å².